The number of rotatable bonds is 7. The number of hydrogen-bond donors (Lipinski definition) is 2. The van der Waals surface area contributed by atoms with E-state index in [4.69, 9.17) is 9.47 Å². The molecule has 3 aromatic rings. The minimum atomic E-state index is -0.368. The Morgan fingerprint density at radius 1 is 1.14 bits per heavy atom. The number of hydrogen-bond acceptors (Lipinski definition) is 5. The smallest absolute Gasteiger partial charge is 0.289 e. The summed E-state index contributed by atoms with van der Waals surface area (Å²) in [7, 11) is 1.61. The fraction of sp³-hybridized carbons (Fsp3) is 0.190. The molecule has 7 heteroatoms. The number of ether oxygens (including phenoxy) is 2. The molecule has 0 fully saturated rings. The number of hydrazone groups is 1. The van der Waals surface area contributed by atoms with Crippen LogP contribution in [0.3, 0.4) is 0 Å². The lowest BCUT2D eigenvalue weighted by Gasteiger charge is -2.04. The highest BCUT2D eigenvalue weighted by Crippen LogP contribution is 2.22. The normalized spacial score (nSPS) is 11.2. The maximum Gasteiger partial charge on any atom is 0.289 e. The quantitative estimate of drug-likeness (QED) is 0.485. The summed E-state index contributed by atoms with van der Waals surface area (Å²) in [5.41, 5.74) is 5.95. The van der Waals surface area contributed by atoms with E-state index in [1.54, 1.807) is 13.2 Å². The van der Waals surface area contributed by atoms with Crippen molar-refractivity contribution in [2.45, 2.75) is 13.8 Å². The molecule has 0 unspecified atom stereocenters. The Hall–Kier alpha value is -3.61. The third kappa shape index (κ3) is 4.56. The number of benzene rings is 2. The summed E-state index contributed by atoms with van der Waals surface area (Å²) in [5.74, 6) is 1.15. The van der Waals surface area contributed by atoms with Crippen molar-refractivity contribution in [3.05, 3.63) is 65.9 Å². The minimum absolute atomic E-state index is 0.322. The van der Waals surface area contributed by atoms with Crippen molar-refractivity contribution in [2.75, 3.05) is 13.7 Å². The zero-order valence-corrected chi connectivity index (χ0v) is 16.0. The molecule has 7 nitrogen and oxygen atoms in total. The first-order chi connectivity index (χ1) is 13.6. The van der Waals surface area contributed by atoms with E-state index >= 15 is 0 Å². The summed E-state index contributed by atoms with van der Waals surface area (Å²) in [6.07, 6.45) is 0. The number of carbonyl (C=O) groups excluding carboxylic acids is 1. The molecular formula is C21H22N4O3. The first-order valence-electron chi connectivity index (χ1n) is 8.88. The second-order valence-corrected chi connectivity index (χ2v) is 5.99. The van der Waals surface area contributed by atoms with E-state index in [1.165, 1.54) is 0 Å². The average Bonchev–Trinajstić information content (AvgIpc) is 3.23. The van der Waals surface area contributed by atoms with E-state index in [0.29, 0.717) is 23.7 Å². The van der Waals surface area contributed by atoms with Crippen LogP contribution >= 0.6 is 0 Å². The molecule has 2 N–H and O–H groups in total. The molecule has 3 rings (SSSR count). The zero-order chi connectivity index (χ0) is 19.9. The molecule has 28 heavy (non-hydrogen) atoms. The van der Waals surface area contributed by atoms with Crippen LogP contribution in [0.15, 0.2) is 59.7 Å². The van der Waals surface area contributed by atoms with Crippen LogP contribution in [0.25, 0.3) is 11.3 Å². The van der Waals surface area contributed by atoms with Crippen LogP contribution in [-0.4, -0.2) is 35.5 Å². The van der Waals surface area contributed by atoms with Crippen molar-refractivity contribution in [3.8, 4) is 22.8 Å². The third-order valence-corrected chi connectivity index (χ3v) is 4.10. The van der Waals surface area contributed by atoms with Crippen LogP contribution in [0, 0.1) is 0 Å². The lowest BCUT2D eigenvalue weighted by molar-refractivity contribution is 0.0950. The van der Waals surface area contributed by atoms with Gasteiger partial charge >= 0.3 is 0 Å². The number of aromatic nitrogens is 2. The van der Waals surface area contributed by atoms with E-state index in [9.17, 15) is 4.79 Å². The standard InChI is InChI=1S/C21H22N4O3/c1-4-28-18-7-5-6-16(12-18)19-13-20(24-23-19)21(26)25-22-14(2)15-8-10-17(27-3)11-9-15/h5-13H,4H2,1-3H3,(H,23,24)(H,25,26)/b22-14+. The first kappa shape index (κ1) is 19.2. The molecule has 0 aliphatic heterocycles. The summed E-state index contributed by atoms with van der Waals surface area (Å²) >= 11 is 0. The van der Waals surface area contributed by atoms with Gasteiger partial charge in [-0.3, -0.25) is 9.89 Å². The number of nitrogens with one attached hydrogen (secondary N) is 2. The fourth-order valence-electron chi connectivity index (χ4n) is 2.59. The topological polar surface area (TPSA) is 88.6 Å². The number of amides is 1. The number of carbonyl (C=O) groups is 1. The van der Waals surface area contributed by atoms with Gasteiger partial charge in [0.05, 0.1) is 25.1 Å². The highest BCUT2D eigenvalue weighted by Gasteiger charge is 2.11. The predicted molar refractivity (Wildman–Crippen MR) is 108 cm³/mol. The van der Waals surface area contributed by atoms with Gasteiger partial charge in [0.15, 0.2) is 0 Å². The molecule has 1 amide bonds. The maximum absolute atomic E-state index is 12.4. The van der Waals surface area contributed by atoms with E-state index in [-0.39, 0.29) is 5.91 Å². The van der Waals surface area contributed by atoms with E-state index < -0.39 is 0 Å². The number of aromatic amines is 1. The van der Waals surface area contributed by atoms with Crippen molar-refractivity contribution in [1.82, 2.24) is 15.6 Å². The Balaban J connectivity index is 1.69. The van der Waals surface area contributed by atoms with Gasteiger partial charge in [-0.25, -0.2) is 5.43 Å². The van der Waals surface area contributed by atoms with Crippen LogP contribution in [0.5, 0.6) is 11.5 Å². The molecule has 2 aromatic carbocycles. The SMILES string of the molecule is CCOc1cccc(-c2cc(C(=O)N/N=C(\C)c3ccc(OC)cc3)[nH]n2)c1. The second kappa shape index (κ2) is 8.85. The van der Waals surface area contributed by atoms with Gasteiger partial charge in [0.2, 0.25) is 0 Å². The highest BCUT2D eigenvalue weighted by atomic mass is 16.5. The number of methoxy groups -OCH3 is 1. The van der Waals surface area contributed by atoms with Gasteiger partial charge in [-0.1, -0.05) is 12.1 Å². The molecule has 0 atom stereocenters. The van der Waals surface area contributed by atoms with Crippen LogP contribution in [0.2, 0.25) is 0 Å². The number of nitrogens with zero attached hydrogens (tertiary/aromatic N) is 2. The molecular weight excluding hydrogens is 356 g/mol. The van der Waals surface area contributed by atoms with Gasteiger partial charge in [-0.15, -0.1) is 0 Å². The molecule has 1 aromatic heterocycles. The molecule has 0 saturated carbocycles. The summed E-state index contributed by atoms with van der Waals surface area (Å²) in [4.78, 5) is 12.4. The molecule has 1 heterocycles. The molecule has 144 valence electrons. The molecule has 0 spiro atoms. The summed E-state index contributed by atoms with van der Waals surface area (Å²) < 4.78 is 10.6. The number of H-pyrrole nitrogens is 1. The van der Waals surface area contributed by atoms with Gasteiger partial charge in [0.25, 0.3) is 5.91 Å². The summed E-state index contributed by atoms with van der Waals surface area (Å²) in [5, 5.41) is 11.1. The zero-order valence-electron chi connectivity index (χ0n) is 16.0. The highest BCUT2D eigenvalue weighted by molar-refractivity contribution is 6.00. The fourth-order valence-corrected chi connectivity index (χ4v) is 2.59. The second-order valence-electron chi connectivity index (χ2n) is 5.99. The van der Waals surface area contributed by atoms with Crippen LogP contribution in [0.4, 0.5) is 0 Å². The van der Waals surface area contributed by atoms with Crippen LogP contribution in [0.1, 0.15) is 29.9 Å². The largest absolute Gasteiger partial charge is 0.497 e. The lowest BCUT2D eigenvalue weighted by Crippen LogP contribution is -2.19. The van der Waals surface area contributed by atoms with Gasteiger partial charge in [0.1, 0.15) is 17.2 Å². The summed E-state index contributed by atoms with van der Waals surface area (Å²) in [6, 6.07) is 16.7. The Morgan fingerprint density at radius 2 is 1.93 bits per heavy atom. The van der Waals surface area contributed by atoms with Gasteiger partial charge in [-0.05, 0) is 61.9 Å². The Bertz CT molecular complexity index is 977. The van der Waals surface area contributed by atoms with E-state index in [2.05, 4.69) is 20.7 Å². The molecule has 0 aliphatic rings. The van der Waals surface area contributed by atoms with Crippen molar-refractivity contribution in [3.63, 3.8) is 0 Å². The molecule has 0 radical (unpaired) electrons. The Morgan fingerprint density at radius 3 is 2.64 bits per heavy atom. The van der Waals surface area contributed by atoms with E-state index in [1.807, 2.05) is 62.4 Å². The van der Waals surface area contributed by atoms with Crippen molar-refractivity contribution in [2.24, 2.45) is 5.10 Å². The molecule has 0 aliphatic carbocycles. The monoisotopic (exact) mass is 378 g/mol. The van der Waals surface area contributed by atoms with Gasteiger partial charge in [-0.2, -0.15) is 10.2 Å². The third-order valence-electron chi connectivity index (χ3n) is 4.10. The Kier molecular flexibility index (Phi) is 6.06. The van der Waals surface area contributed by atoms with Crippen molar-refractivity contribution >= 4 is 11.6 Å². The van der Waals surface area contributed by atoms with Gasteiger partial charge in [0, 0.05) is 5.56 Å². The maximum atomic E-state index is 12.4. The van der Waals surface area contributed by atoms with Crippen molar-refractivity contribution < 1.29 is 14.3 Å². The molecule has 0 saturated heterocycles. The lowest BCUT2D eigenvalue weighted by atomic mass is 10.1. The predicted octanol–water partition coefficient (Wildman–Crippen LogP) is 3.64. The Labute approximate surface area is 163 Å². The first-order valence-corrected chi connectivity index (χ1v) is 8.88. The van der Waals surface area contributed by atoms with Crippen LogP contribution in [-0.2, 0) is 0 Å². The molecule has 0 bridgehead atoms. The average molecular weight is 378 g/mol. The summed E-state index contributed by atoms with van der Waals surface area (Å²) in [6.45, 7) is 4.33. The van der Waals surface area contributed by atoms with E-state index in [0.717, 1.165) is 22.6 Å². The van der Waals surface area contributed by atoms with Crippen LogP contribution < -0.4 is 14.9 Å². The van der Waals surface area contributed by atoms with Gasteiger partial charge < -0.3 is 9.47 Å². The minimum Gasteiger partial charge on any atom is -0.497 e. The van der Waals surface area contributed by atoms with Crippen molar-refractivity contribution in [1.29, 1.82) is 0 Å².